The number of carbonyl (C=O) groups excluding carboxylic acids is 8. The predicted molar refractivity (Wildman–Crippen MR) is 373 cm³/mol. The normalized spacial score (nSPS) is 13.0. The summed E-state index contributed by atoms with van der Waals surface area (Å²) in [7, 11) is 0. The van der Waals surface area contributed by atoms with Gasteiger partial charge in [0.05, 0.1) is 117 Å². The maximum Gasteiger partial charge on any atom is 0.407 e. The summed E-state index contributed by atoms with van der Waals surface area (Å²) in [5, 5.41) is 14.5. The van der Waals surface area contributed by atoms with Crippen molar-refractivity contribution in [1.82, 2.24) is 31.1 Å². The molecule has 6 rings (SSSR count). The molecule has 0 spiro atoms. The summed E-state index contributed by atoms with van der Waals surface area (Å²) in [5.41, 5.74) is 3.95. The fourth-order valence-electron chi connectivity index (χ4n) is 10.2. The van der Waals surface area contributed by atoms with Gasteiger partial charge in [-0.2, -0.15) is 0 Å². The smallest absolute Gasteiger partial charge is 0.407 e. The van der Waals surface area contributed by atoms with Gasteiger partial charge in [-0.05, 0) is 79.6 Å². The third kappa shape index (κ3) is 28.7. The first-order valence-electron chi connectivity index (χ1n) is 33.8. The number of halogens is 1. The van der Waals surface area contributed by atoms with Crippen molar-refractivity contribution in [2.75, 3.05) is 137 Å². The summed E-state index contributed by atoms with van der Waals surface area (Å²) in [6.45, 7) is 17.1. The van der Waals surface area contributed by atoms with E-state index in [9.17, 15) is 43.2 Å². The topological polar surface area (TPSA) is 316 Å². The van der Waals surface area contributed by atoms with Crippen molar-refractivity contribution in [2.45, 2.75) is 92.0 Å². The molecule has 1 aliphatic rings. The zero-order chi connectivity index (χ0) is 72.0. The Kier molecular flexibility index (Phi) is 36.0. The number of nitrogens with one attached hydrogen (secondary N) is 5. The minimum absolute atomic E-state index is 0.00198. The van der Waals surface area contributed by atoms with Crippen molar-refractivity contribution in [3.8, 4) is 0 Å². The van der Waals surface area contributed by atoms with E-state index in [0.717, 1.165) is 16.0 Å². The maximum absolute atomic E-state index is 14.6. The molecule has 0 radical (unpaired) electrons. The van der Waals surface area contributed by atoms with Crippen molar-refractivity contribution in [3.05, 3.63) is 158 Å². The number of benzene rings is 4. The molecule has 0 bridgehead atoms. The van der Waals surface area contributed by atoms with Gasteiger partial charge in [0.2, 0.25) is 23.6 Å². The lowest BCUT2D eigenvalue weighted by Crippen LogP contribution is -2.53. The van der Waals surface area contributed by atoms with Crippen molar-refractivity contribution in [1.29, 1.82) is 0 Å². The van der Waals surface area contributed by atoms with Gasteiger partial charge in [-0.15, -0.1) is 0 Å². The lowest BCUT2D eigenvalue weighted by Gasteiger charge is -2.35. The van der Waals surface area contributed by atoms with Crippen molar-refractivity contribution < 1.29 is 85.4 Å². The molecule has 3 atom stereocenters. The Hall–Kier alpha value is -8.44. The van der Waals surface area contributed by atoms with E-state index >= 15 is 0 Å². The first-order chi connectivity index (χ1) is 48.3. The fraction of sp³-hybridized carbons (Fsp3) is 0.493. The quantitative estimate of drug-likeness (QED) is 0.0193. The average Bonchev–Trinajstić information content (AvgIpc) is 0.889. The lowest BCUT2D eigenvalue weighted by atomic mass is 9.91. The molecule has 544 valence electrons. The molecule has 5 N–H and O–H groups in total. The van der Waals surface area contributed by atoms with Crippen LogP contribution in [0.5, 0.6) is 0 Å². The summed E-state index contributed by atoms with van der Waals surface area (Å²) in [4.78, 5) is 119. The van der Waals surface area contributed by atoms with Gasteiger partial charge >= 0.3 is 6.09 Å². The molecule has 0 fully saturated rings. The van der Waals surface area contributed by atoms with E-state index in [-0.39, 0.29) is 87.8 Å². The maximum atomic E-state index is 14.6. The highest BCUT2D eigenvalue weighted by molar-refractivity contribution is 6.31. The number of hydrogen-bond acceptors (Lipinski definition) is 19. The largest absolute Gasteiger partial charge is 0.458 e. The summed E-state index contributed by atoms with van der Waals surface area (Å²) in [5.74, 6) is -2.95. The van der Waals surface area contributed by atoms with Crippen molar-refractivity contribution >= 4 is 75.7 Å². The first-order valence-corrected chi connectivity index (χ1v) is 34.2. The van der Waals surface area contributed by atoms with Gasteiger partial charge in [-0.25, -0.2) is 4.79 Å². The van der Waals surface area contributed by atoms with Gasteiger partial charge in [-0.1, -0.05) is 99.5 Å². The van der Waals surface area contributed by atoms with Crippen LogP contribution in [0.25, 0.3) is 11.0 Å². The van der Waals surface area contributed by atoms with E-state index < -0.39 is 53.8 Å². The monoisotopic (exact) mass is 1410 g/mol. The highest BCUT2D eigenvalue weighted by Crippen LogP contribution is 2.35. The zero-order valence-corrected chi connectivity index (χ0v) is 58.7. The number of hydrogen-bond donors (Lipinski definition) is 5. The fourth-order valence-corrected chi connectivity index (χ4v) is 10.4. The highest BCUT2D eigenvalue weighted by Gasteiger charge is 2.35. The Bertz CT molecular complexity index is 3460. The molecule has 8 amide bonds. The number of imide groups is 1. The zero-order valence-electron chi connectivity index (χ0n) is 58.0. The van der Waals surface area contributed by atoms with Crippen LogP contribution < -0.4 is 32.0 Å². The van der Waals surface area contributed by atoms with Gasteiger partial charge in [-0.3, -0.25) is 43.3 Å². The Labute approximate surface area is 588 Å². The number of nitrogens with zero attached hydrogens (tertiary/aromatic N) is 2. The van der Waals surface area contributed by atoms with E-state index in [1.807, 2.05) is 63.2 Å². The second-order valence-electron chi connectivity index (χ2n) is 24.1. The Morgan fingerprint density at radius 1 is 0.570 bits per heavy atom. The number of alkyl carbamates (subject to hydrolysis) is 1. The molecule has 1 aromatic heterocycles. The number of fused-ring (bicyclic) bond motifs is 1. The van der Waals surface area contributed by atoms with Gasteiger partial charge < -0.3 is 78.5 Å². The van der Waals surface area contributed by atoms with Crippen LogP contribution in [-0.4, -0.2) is 201 Å². The molecule has 0 saturated carbocycles. The third-order valence-electron chi connectivity index (χ3n) is 15.6. The second kappa shape index (κ2) is 44.6. The summed E-state index contributed by atoms with van der Waals surface area (Å²) in [6.07, 6.45) is 2.31. The lowest BCUT2D eigenvalue weighted by molar-refractivity contribution is -0.137. The molecule has 5 aromatic rings. The SMILES string of the molecule is Cc1ccc(C(=O)N(CCCNC(=O)OCc2ccc(NC(=O)[C@H](C)NC(=O)[C@@H](NC(=O)CCOCCOCCOCCOCCOCCOCCOCCOCCNC(=O)CCN3C(=O)C=CC3=O)C(C)C)cc2)C(c2oc3cc(Cl)ccc3c(=O)c2Cc2ccccc2)C(C)C)cc1. The molecular formula is C73H96ClN7O19. The number of carbonyl (C=O) groups is 8. The first kappa shape index (κ1) is 80.5. The molecule has 1 unspecified atom stereocenters. The molecule has 27 heteroatoms. The number of rotatable bonds is 48. The second-order valence-corrected chi connectivity index (χ2v) is 24.5. The van der Waals surface area contributed by atoms with Gasteiger partial charge in [0, 0.05) is 85.5 Å². The van der Waals surface area contributed by atoms with Crippen LogP contribution in [-0.2, 0) is 84.4 Å². The van der Waals surface area contributed by atoms with Gasteiger partial charge in [0.1, 0.15) is 30.0 Å². The molecule has 1 aliphatic heterocycles. The molecule has 0 saturated heterocycles. The van der Waals surface area contributed by atoms with E-state index in [2.05, 4.69) is 26.6 Å². The van der Waals surface area contributed by atoms with E-state index in [1.54, 1.807) is 73.3 Å². The molecule has 100 heavy (non-hydrogen) atoms. The van der Waals surface area contributed by atoms with Crippen LogP contribution in [0.1, 0.15) is 98.3 Å². The van der Waals surface area contributed by atoms with Crippen molar-refractivity contribution in [3.63, 3.8) is 0 Å². The van der Waals surface area contributed by atoms with Crippen molar-refractivity contribution in [2.24, 2.45) is 11.8 Å². The summed E-state index contributed by atoms with van der Waals surface area (Å²) < 4.78 is 56.2. The molecular weight excluding hydrogens is 1310 g/mol. The van der Waals surface area contributed by atoms with Gasteiger partial charge in [0.15, 0.2) is 5.43 Å². The van der Waals surface area contributed by atoms with Crippen LogP contribution in [0.2, 0.25) is 5.02 Å². The number of amides is 8. The van der Waals surface area contributed by atoms with E-state index in [1.165, 1.54) is 19.1 Å². The van der Waals surface area contributed by atoms with Crippen LogP contribution in [0.15, 0.2) is 118 Å². The third-order valence-corrected chi connectivity index (χ3v) is 15.8. The number of anilines is 1. The molecule has 2 heterocycles. The highest BCUT2D eigenvalue weighted by atomic mass is 35.5. The number of ether oxygens (including phenoxy) is 9. The number of aryl methyl sites for hydroxylation is 1. The molecule has 0 aliphatic carbocycles. The van der Waals surface area contributed by atoms with Crippen LogP contribution in [0.3, 0.4) is 0 Å². The van der Waals surface area contributed by atoms with Crippen LogP contribution in [0.4, 0.5) is 10.5 Å². The minimum atomic E-state index is -0.965. The van der Waals surface area contributed by atoms with E-state index in [4.69, 9.17) is 58.6 Å². The standard InChI is InChI=1S/C73H96ClN7O19/c1-50(2)66(79-63(83)26-31-91-33-35-93-37-39-95-41-43-97-45-46-98-44-42-96-40-38-94-36-34-92-32-28-75-62(82)25-30-80-64(84)23-24-65(80)85)71(88)77-53(6)70(87)78-58-20-15-55(16-21-58)49-99-73(90)76-27-10-29-81(72(89)56-17-13-52(5)14-18-56)67(51(3)4)69-60(47-54-11-8-7-9-12-54)68(86)59-22-19-57(74)48-61(59)100-69/h7-9,11-24,48,50-51,53,66-67H,10,25-47,49H2,1-6H3,(H,75,82)(H,76,90)(H,77,88)(H,78,87)(H,79,83)/t53-,66-,67?/m0/s1. The molecule has 26 nitrogen and oxygen atoms in total. The molecule has 4 aromatic carbocycles. The Morgan fingerprint density at radius 3 is 1.69 bits per heavy atom. The Morgan fingerprint density at radius 2 is 1.13 bits per heavy atom. The summed E-state index contributed by atoms with van der Waals surface area (Å²) >= 11 is 6.41. The predicted octanol–water partition coefficient (Wildman–Crippen LogP) is 7.04. The van der Waals surface area contributed by atoms with Crippen LogP contribution >= 0.6 is 11.6 Å². The average molecular weight is 1410 g/mol. The Balaban J connectivity index is 0.773. The minimum Gasteiger partial charge on any atom is -0.458 e. The van der Waals surface area contributed by atoms with Gasteiger partial charge in [0.25, 0.3) is 17.7 Å². The van der Waals surface area contributed by atoms with Crippen LogP contribution in [0, 0.1) is 18.8 Å². The summed E-state index contributed by atoms with van der Waals surface area (Å²) in [6, 6.07) is 25.9. The van der Waals surface area contributed by atoms with E-state index in [0.29, 0.717) is 150 Å².